The van der Waals surface area contributed by atoms with Gasteiger partial charge in [0, 0.05) is 22.7 Å². The van der Waals surface area contributed by atoms with Crippen LogP contribution in [0.2, 0.25) is 10.0 Å². The maximum absolute atomic E-state index is 10.7. The topological polar surface area (TPSA) is 54.3 Å². The van der Waals surface area contributed by atoms with E-state index in [0.717, 1.165) is 67.8 Å². The molecule has 3 aromatic rings. The quantitative estimate of drug-likeness (QED) is 0.106. The lowest BCUT2D eigenvalue weighted by atomic mass is 9.96. The number of piperidine rings is 1. The van der Waals surface area contributed by atoms with Crippen LogP contribution in [0.5, 0.6) is 5.75 Å². The van der Waals surface area contributed by atoms with E-state index >= 15 is 0 Å². The maximum atomic E-state index is 10.7. The van der Waals surface area contributed by atoms with Crippen LogP contribution in [0.25, 0.3) is 0 Å². The minimum Gasteiger partial charge on any atom is -0.493 e. The molecular weight excluding hydrogens is 567 g/mol. The fraction of sp³-hybridized carbons (Fsp3) is 0.457. The molecule has 1 saturated heterocycles. The average Bonchev–Trinajstić information content (AvgIpc) is 3.00. The minimum absolute atomic E-state index is 0.367. The number of benzene rings is 3. The summed E-state index contributed by atoms with van der Waals surface area (Å²) in [5.41, 5.74) is 4.59. The normalized spacial score (nSPS) is 15.5. The minimum atomic E-state index is -0.367. The lowest BCUT2D eigenvalue weighted by Crippen LogP contribution is -2.35. The molecule has 0 spiro atoms. The SMILES string of the molecule is CCCCCCC[C@@H](O)c1cccc(CN2CCC(COc3ccc(C(=NOC)c4ccc(Cl)cc4)c(Cl)c3)CC2)c1. The second-order valence-corrected chi connectivity index (χ2v) is 12.1. The van der Waals surface area contributed by atoms with E-state index in [1.54, 1.807) is 0 Å². The van der Waals surface area contributed by atoms with E-state index in [4.69, 9.17) is 32.8 Å². The van der Waals surface area contributed by atoms with E-state index in [0.29, 0.717) is 28.3 Å². The number of aliphatic hydroxyl groups is 1. The molecule has 1 atom stereocenters. The summed E-state index contributed by atoms with van der Waals surface area (Å²) in [4.78, 5) is 7.60. The Morgan fingerprint density at radius 1 is 0.976 bits per heavy atom. The number of unbranched alkanes of at least 4 members (excludes halogenated alkanes) is 4. The van der Waals surface area contributed by atoms with Crippen molar-refractivity contribution in [1.29, 1.82) is 0 Å². The van der Waals surface area contributed by atoms with Gasteiger partial charge in [0.15, 0.2) is 0 Å². The lowest BCUT2D eigenvalue weighted by Gasteiger charge is -2.32. The summed E-state index contributed by atoms with van der Waals surface area (Å²) in [6, 6.07) is 21.6. The van der Waals surface area contributed by atoms with E-state index in [1.165, 1.54) is 38.4 Å². The zero-order chi connectivity index (χ0) is 29.7. The Bertz CT molecular complexity index is 1270. The fourth-order valence-electron chi connectivity index (χ4n) is 5.52. The molecule has 0 amide bonds. The second kappa shape index (κ2) is 16.9. The van der Waals surface area contributed by atoms with Gasteiger partial charge in [-0.05, 0) is 79.7 Å². The summed E-state index contributed by atoms with van der Waals surface area (Å²) >= 11 is 12.7. The van der Waals surface area contributed by atoms with Crippen molar-refractivity contribution in [2.75, 3.05) is 26.8 Å². The van der Waals surface area contributed by atoms with E-state index in [-0.39, 0.29) is 6.10 Å². The molecule has 226 valence electrons. The van der Waals surface area contributed by atoms with Gasteiger partial charge in [0.05, 0.1) is 17.7 Å². The molecule has 1 fully saturated rings. The summed E-state index contributed by atoms with van der Waals surface area (Å²) in [6.45, 7) is 5.89. The summed E-state index contributed by atoms with van der Waals surface area (Å²) < 4.78 is 6.17. The standard InChI is InChI=1S/C35H44Cl2N2O3/c1-3-4-5-6-7-11-34(40)29-10-8-9-27(22-29)24-39-20-18-26(19-21-39)25-42-31-16-17-32(33(37)23-31)35(38-41-2)28-12-14-30(36)15-13-28/h8-10,12-17,22-23,26,34,40H,3-7,11,18-21,24-25H2,1-2H3/t34-/m1/s1. The Morgan fingerprint density at radius 3 is 2.45 bits per heavy atom. The molecule has 1 N–H and O–H groups in total. The van der Waals surface area contributed by atoms with Crippen molar-refractivity contribution in [3.63, 3.8) is 0 Å². The van der Waals surface area contributed by atoms with Crippen molar-refractivity contribution in [2.24, 2.45) is 11.1 Å². The molecule has 0 bridgehead atoms. The van der Waals surface area contributed by atoms with Gasteiger partial charge in [-0.15, -0.1) is 0 Å². The van der Waals surface area contributed by atoms with E-state index in [9.17, 15) is 5.11 Å². The number of oxime groups is 1. The van der Waals surface area contributed by atoms with Gasteiger partial charge < -0.3 is 14.7 Å². The summed E-state index contributed by atoms with van der Waals surface area (Å²) in [7, 11) is 1.52. The van der Waals surface area contributed by atoms with Crippen LogP contribution in [0.15, 0.2) is 71.9 Å². The van der Waals surface area contributed by atoms with Gasteiger partial charge >= 0.3 is 0 Å². The number of nitrogens with zero attached hydrogens (tertiary/aromatic N) is 2. The second-order valence-electron chi connectivity index (χ2n) is 11.3. The Morgan fingerprint density at radius 2 is 1.74 bits per heavy atom. The lowest BCUT2D eigenvalue weighted by molar-refractivity contribution is 0.136. The predicted molar refractivity (Wildman–Crippen MR) is 174 cm³/mol. The average molecular weight is 612 g/mol. The molecule has 1 aliphatic heterocycles. The highest BCUT2D eigenvalue weighted by molar-refractivity contribution is 6.35. The highest BCUT2D eigenvalue weighted by atomic mass is 35.5. The highest BCUT2D eigenvalue weighted by Gasteiger charge is 2.21. The first kappa shape index (κ1) is 32.3. The first-order chi connectivity index (χ1) is 20.5. The number of aliphatic hydroxyl groups excluding tert-OH is 1. The first-order valence-electron chi connectivity index (χ1n) is 15.3. The van der Waals surface area contributed by atoms with Crippen molar-refractivity contribution in [3.8, 4) is 5.75 Å². The molecule has 1 aliphatic rings. The van der Waals surface area contributed by atoms with E-state index < -0.39 is 0 Å². The molecule has 0 radical (unpaired) electrons. The number of hydrogen-bond acceptors (Lipinski definition) is 5. The van der Waals surface area contributed by atoms with E-state index in [1.807, 2.05) is 42.5 Å². The van der Waals surface area contributed by atoms with E-state index in [2.05, 4.69) is 41.2 Å². The van der Waals surface area contributed by atoms with Gasteiger partial charge in [-0.2, -0.15) is 0 Å². The van der Waals surface area contributed by atoms with Crippen LogP contribution >= 0.6 is 23.2 Å². The summed E-state index contributed by atoms with van der Waals surface area (Å²) in [5.74, 6) is 1.25. The molecular formula is C35H44Cl2N2O3. The maximum Gasteiger partial charge on any atom is 0.120 e. The van der Waals surface area contributed by atoms with Crippen LogP contribution in [0.4, 0.5) is 0 Å². The fourth-order valence-corrected chi connectivity index (χ4v) is 5.91. The molecule has 5 nitrogen and oxygen atoms in total. The molecule has 0 saturated carbocycles. The van der Waals surface area contributed by atoms with Crippen LogP contribution in [-0.2, 0) is 11.4 Å². The molecule has 0 unspecified atom stereocenters. The first-order valence-corrected chi connectivity index (χ1v) is 16.0. The molecule has 0 aromatic heterocycles. The molecule has 4 rings (SSSR count). The van der Waals surface area contributed by atoms with Crippen molar-refractivity contribution in [3.05, 3.63) is 99.0 Å². The Balaban J connectivity index is 1.24. The molecule has 42 heavy (non-hydrogen) atoms. The zero-order valence-corrected chi connectivity index (χ0v) is 26.4. The number of likely N-dealkylation sites (tertiary alicyclic amines) is 1. The monoisotopic (exact) mass is 610 g/mol. The molecule has 1 heterocycles. The van der Waals surface area contributed by atoms with Gasteiger partial charge in [0.1, 0.15) is 18.6 Å². The summed E-state index contributed by atoms with van der Waals surface area (Å²) in [6.07, 6.45) is 8.75. The number of rotatable bonds is 15. The molecule has 3 aromatic carbocycles. The van der Waals surface area contributed by atoms with Crippen LogP contribution < -0.4 is 4.74 Å². The Kier molecular flexibility index (Phi) is 13.0. The van der Waals surface area contributed by atoms with Crippen molar-refractivity contribution < 1.29 is 14.7 Å². The third-order valence-electron chi connectivity index (χ3n) is 8.01. The van der Waals surface area contributed by atoms with Crippen molar-refractivity contribution in [2.45, 2.75) is 70.9 Å². The Hall–Kier alpha value is -2.57. The van der Waals surface area contributed by atoms with Crippen LogP contribution in [0.1, 0.15) is 86.6 Å². The number of halogens is 2. The zero-order valence-electron chi connectivity index (χ0n) is 24.9. The third kappa shape index (κ3) is 9.74. The van der Waals surface area contributed by atoms with Crippen molar-refractivity contribution >= 4 is 28.9 Å². The van der Waals surface area contributed by atoms with Gasteiger partial charge in [0.2, 0.25) is 0 Å². The third-order valence-corrected chi connectivity index (χ3v) is 8.58. The Labute approximate surface area is 261 Å². The smallest absolute Gasteiger partial charge is 0.120 e. The van der Waals surface area contributed by atoms with Gasteiger partial charge in [-0.1, -0.05) is 104 Å². The molecule has 7 heteroatoms. The highest BCUT2D eigenvalue weighted by Crippen LogP contribution is 2.28. The van der Waals surface area contributed by atoms with Gasteiger partial charge in [-0.3, -0.25) is 4.90 Å². The van der Waals surface area contributed by atoms with Crippen LogP contribution in [0, 0.1) is 5.92 Å². The van der Waals surface area contributed by atoms with Gasteiger partial charge in [0.25, 0.3) is 0 Å². The predicted octanol–water partition coefficient (Wildman–Crippen LogP) is 9.08. The molecule has 0 aliphatic carbocycles. The largest absolute Gasteiger partial charge is 0.493 e. The van der Waals surface area contributed by atoms with Gasteiger partial charge in [-0.25, -0.2) is 0 Å². The number of hydrogen-bond donors (Lipinski definition) is 1. The number of ether oxygens (including phenoxy) is 1. The summed E-state index contributed by atoms with van der Waals surface area (Å²) in [5, 5.41) is 16.1. The van der Waals surface area contributed by atoms with Crippen molar-refractivity contribution in [1.82, 2.24) is 4.90 Å². The van der Waals surface area contributed by atoms with Crippen LogP contribution in [0.3, 0.4) is 0 Å². The van der Waals surface area contributed by atoms with Crippen LogP contribution in [-0.4, -0.2) is 42.5 Å².